The van der Waals surface area contributed by atoms with Crippen LogP contribution in [-0.4, -0.2) is 7.05 Å². The molecule has 0 aliphatic rings. The van der Waals surface area contributed by atoms with Crippen LogP contribution in [0.5, 0.6) is 0 Å². The van der Waals surface area contributed by atoms with Gasteiger partial charge in [-0.25, -0.2) is 4.39 Å². The summed E-state index contributed by atoms with van der Waals surface area (Å²) in [6, 6.07) is 6.50. The van der Waals surface area contributed by atoms with Crippen molar-refractivity contribution in [2.24, 2.45) is 0 Å². The molecular weight excluding hydrogens is 292 g/mol. The van der Waals surface area contributed by atoms with E-state index in [0.717, 1.165) is 16.7 Å². The van der Waals surface area contributed by atoms with Gasteiger partial charge in [0, 0.05) is 5.56 Å². The van der Waals surface area contributed by atoms with Crippen molar-refractivity contribution in [1.29, 1.82) is 0 Å². The van der Waals surface area contributed by atoms with Crippen LogP contribution < -0.4 is 5.32 Å². The molecular formula is C13H12Cl2FNS. The highest BCUT2D eigenvalue weighted by atomic mass is 35.5. The van der Waals surface area contributed by atoms with Gasteiger partial charge in [0.2, 0.25) is 0 Å². The van der Waals surface area contributed by atoms with E-state index in [1.807, 2.05) is 20.0 Å². The molecule has 0 spiro atoms. The summed E-state index contributed by atoms with van der Waals surface area (Å²) in [4.78, 5) is 0. The Bertz CT molecular complexity index is 568. The monoisotopic (exact) mass is 303 g/mol. The molecule has 1 unspecified atom stereocenters. The molecule has 1 heterocycles. The van der Waals surface area contributed by atoms with E-state index in [4.69, 9.17) is 23.2 Å². The molecule has 96 valence electrons. The van der Waals surface area contributed by atoms with E-state index in [1.54, 1.807) is 6.07 Å². The van der Waals surface area contributed by atoms with Crippen LogP contribution >= 0.6 is 34.5 Å². The summed E-state index contributed by atoms with van der Waals surface area (Å²) in [5, 5.41) is 3.19. The molecule has 0 amide bonds. The van der Waals surface area contributed by atoms with Crippen molar-refractivity contribution in [2.75, 3.05) is 7.05 Å². The summed E-state index contributed by atoms with van der Waals surface area (Å²) >= 11 is 13.5. The molecule has 1 aromatic heterocycles. The van der Waals surface area contributed by atoms with E-state index in [2.05, 4.69) is 5.32 Å². The molecule has 0 saturated carbocycles. The number of aryl methyl sites for hydroxylation is 1. The van der Waals surface area contributed by atoms with Crippen LogP contribution in [0.4, 0.5) is 4.39 Å². The molecule has 0 aliphatic heterocycles. The van der Waals surface area contributed by atoms with Crippen LogP contribution in [0.25, 0.3) is 0 Å². The summed E-state index contributed by atoms with van der Waals surface area (Å²) in [7, 11) is 1.84. The number of thiophene rings is 1. The van der Waals surface area contributed by atoms with Crippen molar-refractivity contribution in [3.8, 4) is 0 Å². The molecule has 1 atom stereocenters. The first-order chi connectivity index (χ1) is 8.52. The van der Waals surface area contributed by atoms with Crippen LogP contribution in [0, 0.1) is 12.7 Å². The van der Waals surface area contributed by atoms with Gasteiger partial charge in [0.05, 0.1) is 14.7 Å². The highest BCUT2D eigenvalue weighted by Gasteiger charge is 2.19. The highest BCUT2D eigenvalue weighted by molar-refractivity contribution is 7.20. The molecule has 2 rings (SSSR count). The lowest BCUT2D eigenvalue weighted by Crippen LogP contribution is -2.18. The predicted molar refractivity (Wildman–Crippen MR) is 76.4 cm³/mol. The minimum atomic E-state index is -0.236. The van der Waals surface area contributed by atoms with Gasteiger partial charge < -0.3 is 5.32 Å². The number of hydrogen-bond donors (Lipinski definition) is 1. The second kappa shape index (κ2) is 5.57. The minimum absolute atomic E-state index is 0.0816. The Morgan fingerprint density at radius 1 is 1.22 bits per heavy atom. The summed E-state index contributed by atoms with van der Waals surface area (Å²) in [5.41, 5.74) is 2.80. The molecule has 0 bridgehead atoms. The largest absolute Gasteiger partial charge is 0.309 e. The zero-order valence-electron chi connectivity index (χ0n) is 9.93. The molecule has 2 aromatic rings. The Hall–Kier alpha value is -0.610. The van der Waals surface area contributed by atoms with Gasteiger partial charge in [-0.1, -0.05) is 29.3 Å². The lowest BCUT2D eigenvalue weighted by Gasteiger charge is -2.18. The lowest BCUT2D eigenvalue weighted by atomic mass is 9.97. The average molecular weight is 304 g/mol. The van der Waals surface area contributed by atoms with Gasteiger partial charge >= 0.3 is 0 Å². The third-order valence-electron chi connectivity index (χ3n) is 2.83. The first-order valence-electron chi connectivity index (χ1n) is 5.41. The molecule has 0 radical (unpaired) electrons. The Morgan fingerprint density at radius 2 is 1.94 bits per heavy atom. The van der Waals surface area contributed by atoms with Crippen LogP contribution in [0.15, 0.2) is 24.3 Å². The Kier molecular flexibility index (Phi) is 4.28. The number of benzene rings is 1. The van der Waals surface area contributed by atoms with Gasteiger partial charge in [0.25, 0.3) is 0 Å². The van der Waals surface area contributed by atoms with Crippen LogP contribution in [-0.2, 0) is 0 Å². The molecule has 1 nitrogen and oxygen atoms in total. The molecule has 18 heavy (non-hydrogen) atoms. The van der Waals surface area contributed by atoms with Crippen molar-refractivity contribution in [1.82, 2.24) is 5.32 Å². The fourth-order valence-corrected chi connectivity index (χ4v) is 3.52. The SMILES string of the molecule is CNC(c1ccc(F)cc1C)c1cc(Cl)sc1Cl. The third kappa shape index (κ3) is 2.69. The highest BCUT2D eigenvalue weighted by Crippen LogP contribution is 2.38. The second-order valence-corrected chi connectivity index (χ2v) is 6.29. The average Bonchev–Trinajstić information content (AvgIpc) is 2.62. The number of nitrogens with one attached hydrogen (secondary N) is 1. The molecule has 0 saturated heterocycles. The fraction of sp³-hybridized carbons (Fsp3) is 0.231. The predicted octanol–water partition coefficient (Wildman–Crippen LogP) is 4.81. The van der Waals surface area contributed by atoms with E-state index >= 15 is 0 Å². The van der Waals surface area contributed by atoms with Gasteiger partial charge in [-0.15, -0.1) is 11.3 Å². The van der Waals surface area contributed by atoms with E-state index in [0.29, 0.717) is 8.67 Å². The maximum atomic E-state index is 13.1. The number of hydrogen-bond acceptors (Lipinski definition) is 2. The Morgan fingerprint density at radius 3 is 2.44 bits per heavy atom. The number of halogens is 3. The first kappa shape index (κ1) is 13.8. The standard InChI is InChI=1S/C13H12Cl2FNS/c1-7-5-8(16)3-4-9(7)12(17-2)10-6-11(14)18-13(10)15/h3-6,12,17H,1-2H3. The van der Waals surface area contributed by atoms with Crippen molar-refractivity contribution in [3.63, 3.8) is 0 Å². The lowest BCUT2D eigenvalue weighted by molar-refractivity contribution is 0.621. The Labute approximate surface area is 120 Å². The van der Waals surface area contributed by atoms with Crippen molar-refractivity contribution >= 4 is 34.5 Å². The third-order valence-corrected chi connectivity index (χ3v) is 4.34. The van der Waals surface area contributed by atoms with Gasteiger partial charge in [-0.2, -0.15) is 0 Å². The van der Waals surface area contributed by atoms with E-state index in [1.165, 1.54) is 23.5 Å². The van der Waals surface area contributed by atoms with Gasteiger partial charge in [-0.3, -0.25) is 0 Å². The molecule has 5 heteroatoms. The van der Waals surface area contributed by atoms with Gasteiger partial charge in [-0.05, 0) is 43.3 Å². The smallest absolute Gasteiger partial charge is 0.123 e. The van der Waals surface area contributed by atoms with Crippen LogP contribution in [0.3, 0.4) is 0 Å². The topological polar surface area (TPSA) is 12.0 Å². The Balaban J connectivity index is 2.48. The normalized spacial score (nSPS) is 12.7. The van der Waals surface area contributed by atoms with Crippen LogP contribution in [0.1, 0.15) is 22.7 Å². The van der Waals surface area contributed by atoms with Crippen molar-refractivity contribution < 1.29 is 4.39 Å². The molecule has 1 N–H and O–H groups in total. The van der Waals surface area contributed by atoms with E-state index < -0.39 is 0 Å². The quantitative estimate of drug-likeness (QED) is 0.858. The first-order valence-corrected chi connectivity index (χ1v) is 6.98. The zero-order valence-corrected chi connectivity index (χ0v) is 12.3. The van der Waals surface area contributed by atoms with E-state index in [9.17, 15) is 4.39 Å². The van der Waals surface area contributed by atoms with Crippen molar-refractivity contribution in [3.05, 3.63) is 55.4 Å². The zero-order chi connectivity index (χ0) is 13.3. The maximum absolute atomic E-state index is 13.1. The summed E-state index contributed by atoms with van der Waals surface area (Å²) in [6.07, 6.45) is 0. The van der Waals surface area contributed by atoms with Gasteiger partial charge in [0.1, 0.15) is 5.82 Å². The maximum Gasteiger partial charge on any atom is 0.123 e. The second-order valence-electron chi connectivity index (χ2n) is 4.00. The van der Waals surface area contributed by atoms with Gasteiger partial charge in [0.15, 0.2) is 0 Å². The molecule has 0 fully saturated rings. The summed E-state index contributed by atoms with van der Waals surface area (Å²) in [6.45, 7) is 1.88. The van der Waals surface area contributed by atoms with Crippen molar-refractivity contribution in [2.45, 2.75) is 13.0 Å². The van der Waals surface area contributed by atoms with Crippen LogP contribution in [0.2, 0.25) is 8.67 Å². The molecule has 1 aromatic carbocycles. The molecule has 0 aliphatic carbocycles. The fourth-order valence-electron chi connectivity index (χ4n) is 1.99. The number of rotatable bonds is 3. The summed E-state index contributed by atoms with van der Waals surface area (Å²) in [5.74, 6) is -0.236. The van der Waals surface area contributed by atoms with E-state index in [-0.39, 0.29) is 11.9 Å². The minimum Gasteiger partial charge on any atom is -0.309 e. The summed E-state index contributed by atoms with van der Waals surface area (Å²) < 4.78 is 14.4.